The smallest absolute Gasteiger partial charge is 0.191 e. The number of methoxy groups -OCH3 is 1. The van der Waals surface area contributed by atoms with Crippen molar-refractivity contribution in [2.45, 2.75) is 32.8 Å². The van der Waals surface area contributed by atoms with Gasteiger partial charge >= 0.3 is 0 Å². The molecule has 0 amide bonds. The summed E-state index contributed by atoms with van der Waals surface area (Å²) in [4.78, 5) is 6.45. The van der Waals surface area contributed by atoms with Gasteiger partial charge in [0.15, 0.2) is 5.96 Å². The molecule has 2 N–H and O–H groups in total. The number of nitrogens with zero attached hydrogens (tertiary/aromatic N) is 2. The lowest BCUT2D eigenvalue weighted by atomic mass is 9.96. The van der Waals surface area contributed by atoms with Crippen LogP contribution >= 0.6 is 0 Å². The average molecular weight is 213 g/mol. The molecule has 1 heterocycles. The summed E-state index contributed by atoms with van der Waals surface area (Å²) in [5.41, 5.74) is 5.92. The van der Waals surface area contributed by atoms with E-state index in [2.05, 4.69) is 23.7 Å². The van der Waals surface area contributed by atoms with E-state index in [9.17, 15) is 0 Å². The Balaban J connectivity index is 2.50. The van der Waals surface area contributed by atoms with Crippen molar-refractivity contribution in [3.63, 3.8) is 0 Å². The van der Waals surface area contributed by atoms with Crippen molar-refractivity contribution in [2.24, 2.45) is 16.6 Å². The Labute approximate surface area is 92.5 Å². The largest absolute Gasteiger partial charge is 0.379 e. The Bertz CT molecular complexity index is 218. The quantitative estimate of drug-likeness (QED) is 0.563. The van der Waals surface area contributed by atoms with Gasteiger partial charge in [-0.3, -0.25) is 4.99 Å². The molecule has 4 nitrogen and oxygen atoms in total. The van der Waals surface area contributed by atoms with Gasteiger partial charge in [0.1, 0.15) is 0 Å². The molecular weight excluding hydrogens is 190 g/mol. The summed E-state index contributed by atoms with van der Waals surface area (Å²) < 4.78 is 5.44. The van der Waals surface area contributed by atoms with Crippen molar-refractivity contribution in [3.05, 3.63) is 0 Å². The summed E-state index contributed by atoms with van der Waals surface area (Å²) in [5, 5.41) is 0. The van der Waals surface area contributed by atoms with Crippen LogP contribution in [0, 0.1) is 5.92 Å². The SMILES string of the molecule is CCCN=C(N)N1CCC(C)C(OC)C1. The molecule has 88 valence electrons. The first-order valence-electron chi connectivity index (χ1n) is 5.76. The fraction of sp³-hybridized carbons (Fsp3) is 0.909. The zero-order valence-electron chi connectivity index (χ0n) is 10.1. The first-order valence-corrected chi connectivity index (χ1v) is 5.76. The highest BCUT2D eigenvalue weighted by Gasteiger charge is 2.26. The Morgan fingerprint density at radius 3 is 2.93 bits per heavy atom. The molecule has 1 aliphatic rings. The van der Waals surface area contributed by atoms with Crippen LogP contribution in [0.2, 0.25) is 0 Å². The molecule has 1 saturated heterocycles. The van der Waals surface area contributed by atoms with Crippen LogP contribution in [0.3, 0.4) is 0 Å². The highest BCUT2D eigenvalue weighted by molar-refractivity contribution is 5.78. The third-order valence-corrected chi connectivity index (χ3v) is 3.01. The number of nitrogens with two attached hydrogens (primary N) is 1. The Morgan fingerprint density at radius 1 is 1.60 bits per heavy atom. The average Bonchev–Trinajstić information content (AvgIpc) is 2.26. The van der Waals surface area contributed by atoms with Crippen LogP contribution in [0.4, 0.5) is 0 Å². The van der Waals surface area contributed by atoms with Crippen LogP contribution in [0.1, 0.15) is 26.7 Å². The molecule has 15 heavy (non-hydrogen) atoms. The summed E-state index contributed by atoms with van der Waals surface area (Å²) in [6, 6.07) is 0. The number of guanidine groups is 1. The van der Waals surface area contributed by atoms with Gasteiger partial charge in [0.2, 0.25) is 0 Å². The monoisotopic (exact) mass is 213 g/mol. The minimum atomic E-state index is 0.286. The molecule has 0 aromatic carbocycles. The van der Waals surface area contributed by atoms with Crippen molar-refractivity contribution in [1.82, 2.24) is 4.90 Å². The molecule has 4 heteroatoms. The molecule has 0 bridgehead atoms. The van der Waals surface area contributed by atoms with E-state index < -0.39 is 0 Å². The molecule has 1 rings (SSSR count). The lowest BCUT2D eigenvalue weighted by Gasteiger charge is -2.36. The van der Waals surface area contributed by atoms with Crippen LogP contribution in [0.25, 0.3) is 0 Å². The predicted molar refractivity (Wildman–Crippen MR) is 62.9 cm³/mol. The zero-order chi connectivity index (χ0) is 11.3. The van der Waals surface area contributed by atoms with E-state index in [-0.39, 0.29) is 6.10 Å². The van der Waals surface area contributed by atoms with E-state index in [1.807, 2.05) is 0 Å². The first-order chi connectivity index (χ1) is 7.19. The molecule has 0 saturated carbocycles. The fourth-order valence-electron chi connectivity index (χ4n) is 1.88. The minimum absolute atomic E-state index is 0.286. The van der Waals surface area contributed by atoms with Gasteiger partial charge in [-0.05, 0) is 18.8 Å². The molecule has 2 atom stereocenters. The van der Waals surface area contributed by atoms with Gasteiger partial charge in [-0.1, -0.05) is 13.8 Å². The van der Waals surface area contributed by atoms with E-state index in [1.165, 1.54) is 0 Å². The normalized spacial score (nSPS) is 28.2. The van der Waals surface area contributed by atoms with Crippen LogP contribution in [0.5, 0.6) is 0 Å². The lowest BCUT2D eigenvalue weighted by Crippen LogP contribution is -2.49. The van der Waals surface area contributed by atoms with Crippen LogP contribution in [-0.4, -0.2) is 43.7 Å². The third kappa shape index (κ3) is 3.38. The maximum Gasteiger partial charge on any atom is 0.191 e. The highest BCUT2D eigenvalue weighted by atomic mass is 16.5. The van der Waals surface area contributed by atoms with E-state index in [1.54, 1.807) is 7.11 Å². The molecule has 0 aromatic rings. The standard InChI is InChI=1S/C11H23N3O/c1-4-6-13-11(12)14-7-5-9(2)10(8-14)15-3/h9-10H,4-8H2,1-3H3,(H2,12,13). The molecule has 1 aliphatic heterocycles. The summed E-state index contributed by atoms with van der Waals surface area (Å²) >= 11 is 0. The second-order valence-electron chi connectivity index (χ2n) is 4.23. The molecule has 1 fully saturated rings. The van der Waals surface area contributed by atoms with Crippen LogP contribution in [-0.2, 0) is 4.74 Å². The zero-order valence-corrected chi connectivity index (χ0v) is 10.1. The van der Waals surface area contributed by atoms with E-state index in [0.717, 1.165) is 32.5 Å². The van der Waals surface area contributed by atoms with Crippen molar-refractivity contribution >= 4 is 5.96 Å². The molecule has 0 aromatic heterocycles. The van der Waals surface area contributed by atoms with Gasteiger partial charge in [-0.15, -0.1) is 0 Å². The number of ether oxygens (including phenoxy) is 1. The fourth-order valence-corrected chi connectivity index (χ4v) is 1.88. The number of rotatable bonds is 3. The predicted octanol–water partition coefficient (Wildman–Crippen LogP) is 1.07. The molecular formula is C11H23N3O. The summed E-state index contributed by atoms with van der Waals surface area (Å²) in [7, 11) is 1.77. The van der Waals surface area contributed by atoms with Gasteiger partial charge in [-0.25, -0.2) is 0 Å². The lowest BCUT2D eigenvalue weighted by molar-refractivity contribution is 0.0145. The van der Waals surface area contributed by atoms with Gasteiger partial charge in [0.05, 0.1) is 6.10 Å². The number of hydrogen-bond acceptors (Lipinski definition) is 2. The Morgan fingerprint density at radius 2 is 2.33 bits per heavy atom. The molecule has 0 radical (unpaired) electrons. The topological polar surface area (TPSA) is 50.8 Å². The van der Waals surface area contributed by atoms with Crippen LogP contribution < -0.4 is 5.73 Å². The Hall–Kier alpha value is -0.770. The second-order valence-corrected chi connectivity index (χ2v) is 4.23. The maximum atomic E-state index is 5.92. The van der Waals surface area contributed by atoms with Gasteiger partial charge in [0, 0.05) is 26.7 Å². The molecule has 2 unspecified atom stereocenters. The number of likely N-dealkylation sites (tertiary alicyclic amines) is 1. The highest BCUT2D eigenvalue weighted by Crippen LogP contribution is 2.18. The molecule has 0 spiro atoms. The van der Waals surface area contributed by atoms with Crippen LogP contribution in [0.15, 0.2) is 4.99 Å². The minimum Gasteiger partial charge on any atom is -0.379 e. The maximum absolute atomic E-state index is 5.92. The van der Waals surface area contributed by atoms with E-state index >= 15 is 0 Å². The summed E-state index contributed by atoms with van der Waals surface area (Å²) in [6.45, 7) is 7.02. The van der Waals surface area contributed by atoms with E-state index in [0.29, 0.717) is 11.9 Å². The molecule has 0 aliphatic carbocycles. The number of piperidine rings is 1. The van der Waals surface area contributed by atoms with E-state index in [4.69, 9.17) is 10.5 Å². The number of aliphatic imine (C=N–C) groups is 1. The Kier molecular flexibility index (Phi) is 4.88. The van der Waals surface area contributed by atoms with Gasteiger partial charge < -0.3 is 15.4 Å². The summed E-state index contributed by atoms with van der Waals surface area (Å²) in [6.07, 6.45) is 2.45. The second kappa shape index (κ2) is 5.95. The van der Waals surface area contributed by atoms with Gasteiger partial charge in [0.25, 0.3) is 0 Å². The van der Waals surface area contributed by atoms with Gasteiger partial charge in [-0.2, -0.15) is 0 Å². The number of hydrogen-bond donors (Lipinski definition) is 1. The summed E-state index contributed by atoms with van der Waals surface area (Å²) in [5.74, 6) is 1.29. The first kappa shape index (κ1) is 12.3. The third-order valence-electron chi connectivity index (χ3n) is 3.01. The van der Waals surface area contributed by atoms with Crippen molar-refractivity contribution in [1.29, 1.82) is 0 Å². The van der Waals surface area contributed by atoms with Crippen molar-refractivity contribution in [2.75, 3.05) is 26.7 Å². The van der Waals surface area contributed by atoms with Crippen molar-refractivity contribution in [3.8, 4) is 0 Å². The van der Waals surface area contributed by atoms with Crippen molar-refractivity contribution < 1.29 is 4.74 Å².